The number of aliphatic hydroxyl groups is 8. The second-order valence-corrected chi connectivity index (χ2v) is 24.3. The lowest BCUT2D eigenvalue weighted by atomic mass is 9.97. The number of hydrogen-bond donors (Lipinski definition) is 9. The summed E-state index contributed by atoms with van der Waals surface area (Å²) in [7, 11) is 0. The number of unbranched alkanes of at least 4 members (excludes halogenated alkanes) is 33. The zero-order valence-electron chi connectivity index (χ0n) is 53.1. The van der Waals surface area contributed by atoms with Gasteiger partial charge in [-0.3, -0.25) is 4.79 Å². The number of amides is 1. The van der Waals surface area contributed by atoms with Gasteiger partial charge in [-0.15, -0.1) is 0 Å². The molecule has 2 heterocycles. The van der Waals surface area contributed by atoms with E-state index in [1.165, 1.54) is 167 Å². The fourth-order valence-corrected chi connectivity index (χ4v) is 11.3. The lowest BCUT2D eigenvalue weighted by molar-refractivity contribution is -0.359. The van der Waals surface area contributed by atoms with Crippen molar-refractivity contribution in [1.82, 2.24) is 5.32 Å². The van der Waals surface area contributed by atoms with Crippen molar-refractivity contribution >= 4 is 5.91 Å². The minimum atomic E-state index is -1.78. The minimum absolute atomic E-state index is 0.209. The molecule has 0 spiro atoms. The third kappa shape index (κ3) is 38.9. The topological polar surface area (TPSA) is 228 Å². The smallest absolute Gasteiger partial charge is 0.220 e. The number of ether oxygens (including phenoxy) is 4. The Morgan fingerprint density at radius 2 is 0.821 bits per heavy atom. The molecule has 2 aliphatic heterocycles. The van der Waals surface area contributed by atoms with E-state index in [-0.39, 0.29) is 12.5 Å². The molecule has 0 aromatic heterocycles. The molecule has 0 radical (unpaired) electrons. The molecule has 0 aromatic carbocycles. The number of carbonyl (C=O) groups is 1. The van der Waals surface area contributed by atoms with Crippen LogP contribution in [0.5, 0.6) is 0 Å². The molecular weight excluding hydrogens is 1060 g/mol. The molecule has 490 valence electrons. The minimum Gasteiger partial charge on any atom is -0.394 e. The first-order valence-electron chi connectivity index (χ1n) is 34.5. The maximum absolute atomic E-state index is 13.3. The van der Waals surface area contributed by atoms with Crippen molar-refractivity contribution in [3.63, 3.8) is 0 Å². The molecule has 14 heteroatoms. The van der Waals surface area contributed by atoms with Crippen molar-refractivity contribution in [3.05, 3.63) is 60.8 Å². The van der Waals surface area contributed by atoms with Gasteiger partial charge in [0.25, 0.3) is 0 Å². The molecule has 84 heavy (non-hydrogen) atoms. The summed E-state index contributed by atoms with van der Waals surface area (Å²) in [4.78, 5) is 13.3. The number of aliphatic hydroxyl groups excluding tert-OH is 8. The van der Waals surface area contributed by atoms with Gasteiger partial charge in [0.15, 0.2) is 12.6 Å². The van der Waals surface area contributed by atoms with Crippen LogP contribution in [-0.4, -0.2) is 140 Å². The molecule has 2 rings (SSSR count). The average molecular weight is 1190 g/mol. The molecular formula is C70H127NO13. The van der Waals surface area contributed by atoms with Gasteiger partial charge in [0.2, 0.25) is 5.91 Å². The standard InChI is InChI=1S/C70H127NO13/c1-3-5-7-9-11-13-15-17-19-21-23-25-27-28-29-30-32-34-36-38-40-42-44-46-48-50-52-54-62(75)71-58(57-81-69-67(80)65(78)68(61(56-73)83-69)84-70-66(79)64(77)63(76)60(55-72)82-70)59(74)53-51-49-47-45-43-41-39-37-35-33-31-26-24-22-20-18-16-14-12-10-8-6-4-2/h5,7,11,13,17,19,23,25,28-29,58-61,63-70,72-74,76-80H,3-4,6,8-10,12,14-16,18,20-22,24,26-27,30-57H2,1-2H3,(H,71,75)/b7-5-,13-11-,19-17-,25-23-,29-28-. The summed E-state index contributed by atoms with van der Waals surface area (Å²) in [6, 6.07) is -0.834. The van der Waals surface area contributed by atoms with Crippen LogP contribution >= 0.6 is 0 Å². The average Bonchev–Trinajstić information content (AvgIpc) is 3.62. The summed E-state index contributed by atoms with van der Waals surface area (Å²) in [5, 5.41) is 87.6. The molecule has 2 fully saturated rings. The predicted molar refractivity (Wildman–Crippen MR) is 341 cm³/mol. The van der Waals surface area contributed by atoms with Crippen molar-refractivity contribution in [1.29, 1.82) is 0 Å². The second kappa shape index (κ2) is 54.8. The van der Waals surface area contributed by atoms with Crippen LogP contribution in [0, 0.1) is 0 Å². The molecule has 12 unspecified atom stereocenters. The van der Waals surface area contributed by atoms with Gasteiger partial charge in [-0.25, -0.2) is 0 Å². The first-order chi connectivity index (χ1) is 41.1. The van der Waals surface area contributed by atoms with Crippen LogP contribution in [0.4, 0.5) is 0 Å². The SMILES string of the molecule is CC/C=C\C/C=C\C/C=C\C/C=C\C/C=C\CCCCCCCCCCCCCC(=O)NC(COC1OC(CO)C(OC2OC(CO)C(O)C(O)C2O)C(O)C1O)C(O)CCCCCCCCCCCCCCCCCCCCCCCCC. The Kier molecular flexibility index (Phi) is 50.8. The van der Waals surface area contributed by atoms with Crippen LogP contribution in [0.15, 0.2) is 60.8 Å². The molecule has 0 bridgehead atoms. The van der Waals surface area contributed by atoms with Crippen LogP contribution in [0.1, 0.15) is 284 Å². The van der Waals surface area contributed by atoms with Crippen molar-refractivity contribution in [2.75, 3.05) is 19.8 Å². The first kappa shape index (κ1) is 77.8. The highest BCUT2D eigenvalue weighted by molar-refractivity contribution is 5.76. The normalized spacial score (nSPS) is 24.0. The summed E-state index contributed by atoms with van der Waals surface area (Å²) in [5.41, 5.74) is 0. The zero-order chi connectivity index (χ0) is 60.9. The molecule has 14 nitrogen and oxygen atoms in total. The Labute approximate surface area is 511 Å². The molecule has 2 aliphatic rings. The van der Waals surface area contributed by atoms with Crippen LogP contribution in [0.25, 0.3) is 0 Å². The van der Waals surface area contributed by atoms with Gasteiger partial charge in [-0.05, 0) is 57.8 Å². The van der Waals surface area contributed by atoms with Gasteiger partial charge in [0, 0.05) is 6.42 Å². The number of nitrogens with one attached hydrogen (secondary N) is 1. The van der Waals surface area contributed by atoms with Gasteiger partial charge < -0.3 is 65.1 Å². The van der Waals surface area contributed by atoms with Gasteiger partial charge in [-0.1, -0.05) is 280 Å². The zero-order valence-corrected chi connectivity index (χ0v) is 53.1. The summed E-state index contributed by atoms with van der Waals surface area (Å²) in [6.45, 7) is 2.78. The fraction of sp³-hybridized carbons (Fsp3) is 0.843. The summed E-state index contributed by atoms with van der Waals surface area (Å²) in [5.74, 6) is -0.209. The predicted octanol–water partition coefficient (Wildman–Crippen LogP) is 13.7. The Balaban J connectivity index is 1.68. The highest BCUT2D eigenvalue weighted by Gasteiger charge is 2.51. The van der Waals surface area contributed by atoms with E-state index < -0.39 is 86.8 Å². The van der Waals surface area contributed by atoms with E-state index in [9.17, 15) is 45.6 Å². The van der Waals surface area contributed by atoms with E-state index in [1.807, 2.05) is 0 Å². The molecule has 2 saturated heterocycles. The number of hydrogen-bond acceptors (Lipinski definition) is 13. The second-order valence-electron chi connectivity index (χ2n) is 24.3. The monoisotopic (exact) mass is 1190 g/mol. The fourth-order valence-electron chi connectivity index (χ4n) is 11.3. The summed E-state index contributed by atoms with van der Waals surface area (Å²) >= 11 is 0. The van der Waals surface area contributed by atoms with Crippen molar-refractivity contribution in [2.24, 2.45) is 0 Å². The quantitative estimate of drug-likeness (QED) is 0.0204. The van der Waals surface area contributed by atoms with Gasteiger partial charge in [0.1, 0.15) is 48.8 Å². The van der Waals surface area contributed by atoms with E-state index in [2.05, 4.69) is 79.9 Å². The van der Waals surface area contributed by atoms with Gasteiger partial charge >= 0.3 is 0 Å². The third-order valence-corrected chi connectivity index (χ3v) is 16.7. The molecule has 9 N–H and O–H groups in total. The molecule has 0 aliphatic carbocycles. The largest absolute Gasteiger partial charge is 0.394 e. The Morgan fingerprint density at radius 3 is 1.26 bits per heavy atom. The highest BCUT2D eigenvalue weighted by Crippen LogP contribution is 2.30. The number of rotatable bonds is 56. The maximum Gasteiger partial charge on any atom is 0.220 e. The van der Waals surface area contributed by atoms with E-state index in [4.69, 9.17) is 18.9 Å². The number of carbonyl (C=O) groups excluding carboxylic acids is 1. The van der Waals surface area contributed by atoms with Crippen molar-refractivity contribution < 1.29 is 64.6 Å². The maximum atomic E-state index is 13.3. The van der Waals surface area contributed by atoms with E-state index in [0.29, 0.717) is 12.8 Å². The summed E-state index contributed by atoms with van der Waals surface area (Å²) in [6.07, 6.45) is 55.1. The van der Waals surface area contributed by atoms with Crippen LogP contribution in [-0.2, 0) is 23.7 Å². The van der Waals surface area contributed by atoms with Crippen LogP contribution in [0.3, 0.4) is 0 Å². The Bertz CT molecular complexity index is 1640. The first-order valence-corrected chi connectivity index (χ1v) is 34.5. The summed E-state index contributed by atoms with van der Waals surface area (Å²) < 4.78 is 22.9. The van der Waals surface area contributed by atoms with Crippen molar-refractivity contribution in [3.8, 4) is 0 Å². The van der Waals surface area contributed by atoms with Gasteiger partial charge in [0.05, 0.1) is 32.0 Å². The lowest BCUT2D eigenvalue weighted by Gasteiger charge is -2.46. The van der Waals surface area contributed by atoms with Crippen LogP contribution < -0.4 is 5.32 Å². The Morgan fingerprint density at radius 1 is 0.440 bits per heavy atom. The highest BCUT2D eigenvalue weighted by atomic mass is 16.7. The van der Waals surface area contributed by atoms with E-state index in [1.54, 1.807) is 0 Å². The van der Waals surface area contributed by atoms with Crippen LogP contribution in [0.2, 0.25) is 0 Å². The lowest BCUT2D eigenvalue weighted by Crippen LogP contribution is -2.65. The molecule has 1 amide bonds. The molecule has 0 aromatic rings. The number of allylic oxidation sites excluding steroid dienone is 10. The molecule has 0 saturated carbocycles. The Hall–Kier alpha value is -2.31. The van der Waals surface area contributed by atoms with Gasteiger partial charge in [-0.2, -0.15) is 0 Å². The van der Waals surface area contributed by atoms with E-state index in [0.717, 1.165) is 89.9 Å². The third-order valence-electron chi connectivity index (χ3n) is 16.7. The molecule has 12 atom stereocenters. The van der Waals surface area contributed by atoms with Crippen molar-refractivity contribution in [2.45, 2.75) is 357 Å². The van der Waals surface area contributed by atoms with E-state index >= 15 is 0 Å².